The Morgan fingerprint density at radius 1 is 1.29 bits per heavy atom. The Morgan fingerprint density at radius 3 is 2.68 bits per heavy atom. The van der Waals surface area contributed by atoms with Crippen LogP contribution >= 0.6 is 11.3 Å². The fourth-order valence-corrected chi connectivity index (χ4v) is 5.93. The minimum atomic E-state index is -3.46. The summed E-state index contributed by atoms with van der Waals surface area (Å²) >= 11 is 1.21. The van der Waals surface area contributed by atoms with Crippen LogP contribution in [0.25, 0.3) is 0 Å². The van der Waals surface area contributed by atoms with Crippen LogP contribution in [-0.2, 0) is 14.8 Å². The smallest absolute Gasteiger partial charge is 0.252 e. The van der Waals surface area contributed by atoms with Crippen molar-refractivity contribution in [2.24, 2.45) is 0 Å². The summed E-state index contributed by atoms with van der Waals surface area (Å²) in [6.07, 6.45) is 2.78. The summed E-state index contributed by atoms with van der Waals surface area (Å²) in [5.74, 6) is 0.884. The Morgan fingerprint density at radius 2 is 2.04 bits per heavy atom. The number of rotatable bonds is 8. The minimum Gasteiger partial charge on any atom is -0.497 e. The highest BCUT2D eigenvalue weighted by Gasteiger charge is 2.30. The molecule has 8 heteroatoms. The number of thiophene rings is 1. The number of hydrogen-bond donors (Lipinski definition) is 0. The molecular formula is C20H26N2O4S2. The van der Waals surface area contributed by atoms with E-state index >= 15 is 0 Å². The van der Waals surface area contributed by atoms with Gasteiger partial charge in [0.05, 0.1) is 13.2 Å². The third-order valence-corrected chi connectivity index (χ3v) is 8.33. The number of likely N-dealkylation sites (tertiary alicyclic amines) is 1. The first-order chi connectivity index (χ1) is 13.4. The number of hydrogen-bond acceptors (Lipinski definition) is 5. The second kappa shape index (κ2) is 9.07. The average Bonchev–Trinajstić information content (AvgIpc) is 3.40. The van der Waals surface area contributed by atoms with Crippen LogP contribution in [0.4, 0.5) is 0 Å². The highest BCUT2D eigenvalue weighted by atomic mass is 32.2. The summed E-state index contributed by atoms with van der Waals surface area (Å²) in [6.45, 7) is 1.08. The molecule has 6 nitrogen and oxygen atoms in total. The zero-order valence-electron chi connectivity index (χ0n) is 16.2. The molecule has 1 unspecified atom stereocenters. The van der Waals surface area contributed by atoms with E-state index in [2.05, 4.69) is 0 Å². The molecule has 0 saturated carbocycles. The normalized spacial score (nSPS) is 17.2. The number of methoxy groups -OCH3 is 1. The van der Waals surface area contributed by atoms with E-state index in [4.69, 9.17) is 4.74 Å². The molecular weight excluding hydrogens is 396 g/mol. The fraction of sp³-hybridized carbons (Fsp3) is 0.450. The maximum absolute atomic E-state index is 12.7. The molecule has 0 bridgehead atoms. The van der Waals surface area contributed by atoms with Crippen molar-refractivity contribution >= 4 is 27.3 Å². The second-order valence-electron chi connectivity index (χ2n) is 6.88. The van der Waals surface area contributed by atoms with Gasteiger partial charge in [0, 0.05) is 26.6 Å². The maximum atomic E-state index is 12.7. The number of carbonyl (C=O) groups is 1. The summed E-state index contributed by atoms with van der Waals surface area (Å²) in [7, 11) is -0.258. The lowest BCUT2D eigenvalue weighted by atomic mass is 10.0. The van der Waals surface area contributed by atoms with Gasteiger partial charge in [-0.3, -0.25) is 4.79 Å². The summed E-state index contributed by atoms with van der Waals surface area (Å²) < 4.78 is 31.8. The third kappa shape index (κ3) is 4.56. The van der Waals surface area contributed by atoms with Gasteiger partial charge in [-0.05, 0) is 48.4 Å². The molecule has 1 saturated heterocycles. The average molecular weight is 423 g/mol. The SMILES string of the molecule is COc1ccc(C2CCCN2C(=O)CCCN(C)S(=O)(=O)c2cccs2)cc1. The van der Waals surface area contributed by atoms with Crippen molar-refractivity contribution in [3.8, 4) is 5.75 Å². The number of benzene rings is 1. The quantitative estimate of drug-likeness (QED) is 0.653. The van der Waals surface area contributed by atoms with Crippen molar-refractivity contribution in [3.63, 3.8) is 0 Å². The van der Waals surface area contributed by atoms with Crippen LogP contribution < -0.4 is 4.74 Å². The largest absolute Gasteiger partial charge is 0.497 e. The highest BCUT2D eigenvalue weighted by Crippen LogP contribution is 2.33. The number of amides is 1. The monoisotopic (exact) mass is 422 g/mol. The van der Waals surface area contributed by atoms with Gasteiger partial charge in [0.15, 0.2) is 0 Å². The Hall–Kier alpha value is -1.90. The van der Waals surface area contributed by atoms with E-state index < -0.39 is 10.0 Å². The van der Waals surface area contributed by atoms with Crippen LogP contribution in [0.5, 0.6) is 5.75 Å². The van der Waals surface area contributed by atoms with Gasteiger partial charge in [0.1, 0.15) is 9.96 Å². The van der Waals surface area contributed by atoms with E-state index in [1.165, 1.54) is 15.6 Å². The lowest BCUT2D eigenvalue weighted by Crippen LogP contribution is -2.32. The molecule has 0 aliphatic carbocycles. The Bertz CT molecular complexity index is 879. The lowest BCUT2D eigenvalue weighted by molar-refractivity contribution is -0.132. The summed E-state index contributed by atoms with van der Waals surface area (Å²) in [5.41, 5.74) is 1.11. The molecule has 0 N–H and O–H groups in total. The predicted octanol–water partition coefficient (Wildman–Crippen LogP) is 3.52. The molecule has 152 valence electrons. The molecule has 1 fully saturated rings. The maximum Gasteiger partial charge on any atom is 0.252 e. The Balaban J connectivity index is 1.55. The van der Waals surface area contributed by atoms with Gasteiger partial charge in [-0.2, -0.15) is 0 Å². The standard InChI is InChI=1S/C20H26N2O4S2/c1-21(28(24,25)20-8-5-15-27-20)13-4-7-19(23)22-14-3-6-18(22)16-9-11-17(26-2)12-10-16/h5,8-12,15,18H,3-4,6-7,13-14H2,1-2H3. The van der Waals surface area contributed by atoms with E-state index in [1.807, 2.05) is 29.2 Å². The molecule has 2 heterocycles. The fourth-order valence-electron chi connectivity index (χ4n) is 3.52. The molecule has 1 amide bonds. The van der Waals surface area contributed by atoms with E-state index in [1.54, 1.807) is 31.7 Å². The third-order valence-electron chi connectivity index (χ3n) is 5.10. The molecule has 0 radical (unpaired) electrons. The predicted molar refractivity (Wildman–Crippen MR) is 110 cm³/mol. The van der Waals surface area contributed by atoms with Crippen LogP contribution in [-0.4, -0.2) is 50.8 Å². The van der Waals surface area contributed by atoms with Gasteiger partial charge in [0.25, 0.3) is 10.0 Å². The van der Waals surface area contributed by atoms with Gasteiger partial charge in [-0.1, -0.05) is 18.2 Å². The Kier molecular flexibility index (Phi) is 6.74. The van der Waals surface area contributed by atoms with E-state index in [0.717, 1.165) is 30.7 Å². The zero-order valence-corrected chi connectivity index (χ0v) is 17.8. The molecule has 1 aliphatic heterocycles. The van der Waals surface area contributed by atoms with Crippen molar-refractivity contribution in [3.05, 3.63) is 47.3 Å². The molecule has 1 aliphatic rings. The molecule has 1 aromatic heterocycles. The minimum absolute atomic E-state index is 0.0836. The van der Waals surface area contributed by atoms with E-state index in [9.17, 15) is 13.2 Å². The van der Waals surface area contributed by atoms with Crippen LogP contribution in [0, 0.1) is 0 Å². The van der Waals surface area contributed by atoms with Crippen molar-refractivity contribution < 1.29 is 17.9 Å². The number of ether oxygens (including phenoxy) is 1. The summed E-state index contributed by atoms with van der Waals surface area (Å²) in [5, 5.41) is 1.75. The number of nitrogens with zero attached hydrogens (tertiary/aromatic N) is 2. The van der Waals surface area contributed by atoms with Gasteiger partial charge in [-0.25, -0.2) is 12.7 Å². The molecule has 1 atom stereocenters. The van der Waals surface area contributed by atoms with Crippen molar-refractivity contribution in [2.45, 2.75) is 35.9 Å². The van der Waals surface area contributed by atoms with E-state index in [-0.39, 0.29) is 11.9 Å². The molecule has 1 aromatic carbocycles. The Labute approximate surface area is 170 Å². The van der Waals surface area contributed by atoms with Crippen molar-refractivity contribution in [1.82, 2.24) is 9.21 Å². The molecule has 3 rings (SSSR count). The molecule has 0 spiro atoms. The van der Waals surface area contributed by atoms with Crippen LogP contribution in [0.3, 0.4) is 0 Å². The van der Waals surface area contributed by atoms with Gasteiger partial charge >= 0.3 is 0 Å². The molecule has 2 aromatic rings. The van der Waals surface area contributed by atoms with Gasteiger partial charge in [-0.15, -0.1) is 11.3 Å². The number of sulfonamides is 1. The zero-order chi connectivity index (χ0) is 20.1. The van der Waals surface area contributed by atoms with Crippen molar-refractivity contribution in [2.75, 3.05) is 27.2 Å². The highest BCUT2D eigenvalue weighted by molar-refractivity contribution is 7.91. The van der Waals surface area contributed by atoms with Crippen LogP contribution in [0.1, 0.15) is 37.3 Å². The van der Waals surface area contributed by atoms with Crippen LogP contribution in [0.2, 0.25) is 0 Å². The summed E-state index contributed by atoms with van der Waals surface area (Å²) in [4.78, 5) is 14.7. The second-order valence-corrected chi connectivity index (χ2v) is 10.1. The first kappa shape index (κ1) is 20.8. The lowest BCUT2D eigenvalue weighted by Gasteiger charge is -2.25. The van der Waals surface area contributed by atoms with E-state index in [0.29, 0.717) is 23.6 Å². The number of carbonyl (C=O) groups excluding carboxylic acids is 1. The first-order valence-electron chi connectivity index (χ1n) is 9.37. The van der Waals surface area contributed by atoms with Gasteiger partial charge in [0.2, 0.25) is 5.91 Å². The van der Waals surface area contributed by atoms with Crippen molar-refractivity contribution in [1.29, 1.82) is 0 Å². The topological polar surface area (TPSA) is 66.9 Å². The van der Waals surface area contributed by atoms with Gasteiger partial charge < -0.3 is 9.64 Å². The molecule has 28 heavy (non-hydrogen) atoms. The first-order valence-corrected chi connectivity index (χ1v) is 11.7. The van der Waals surface area contributed by atoms with Crippen LogP contribution in [0.15, 0.2) is 46.0 Å². The summed E-state index contributed by atoms with van der Waals surface area (Å²) in [6, 6.07) is 11.3.